The number of hydrogen-bond donors (Lipinski definition) is 4. The van der Waals surface area contributed by atoms with Gasteiger partial charge < -0.3 is 21.9 Å². The third-order valence-electron chi connectivity index (χ3n) is 5.12. The van der Waals surface area contributed by atoms with Crippen LogP contribution in [0.4, 0.5) is 17.1 Å². The lowest BCUT2D eigenvalue weighted by Crippen LogP contribution is -2.12. The molecule has 0 aliphatic rings. The molecule has 0 aromatic heterocycles. The zero-order chi connectivity index (χ0) is 23.4. The molecule has 0 atom stereocenters. The predicted octanol–water partition coefficient (Wildman–Crippen LogP) is 4.77. The maximum Gasteiger partial charge on any atom is 0.259 e. The van der Waals surface area contributed by atoms with Gasteiger partial charge in [0.15, 0.2) is 5.75 Å². The van der Waals surface area contributed by atoms with E-state index in [1.54, 1.807) is 54.6 Å². The van der Waals surface area contributed by atoms with Gasteiger partial charge in [0.05, 0.1) is 11.3 Å². The summed E-state index contributed by atoms with van der Waals surface area (Å²) in [7, 11) is 0. The molecule has 8 nitrogen and oxygen atoms in total. The molecule has 0 unspecified atom stereocenters. The van der Waals surface area contributed by atoms with Crippen LogP contribution in [0.3, 0.4) is 0 Å². The second kappa shape index (κ2) is 9.29. The first-order valence-electron chi connectivity index (χ1n) is 10.1. The van der Waals surface area contributed by atoms with Gasteiger partial charge in [-0.15, -0.1) is 5.11 Å². The average molecular weight is 439 g/mol. The van der Waals surface area contributed by atoms with E-state index >= 15 is 0 Å². The number of rotatable bonds is 6. The molecule has 8 heteroatoms. The molecule has 4 aromatic rings. The fraction of sp³-hybridized carbons (Fsp3) is 0.0400. The van der Waals surface area contributed by atoms with Crippen LogP contribution < -0.4 is 16.8 Å². The first-order valence-corrected chi connectivity index (χ1v) is 10.1. The Hall–Kier alpha value is -4.56. The molecule has 4 rings (SSSR count). The van der Waals surface area contributed by atoms with Gasteiger partial charge in [0.25, 0.3) is 5.91 Å². The quantitative estimate of drug-likeness (QED) is 0.321. The molecule has 33 heavy (non-hydrogen) atoms. The van der Waals surface area contributed by atoms with Crippen molar-refractivity contribution in [2.24, 2.45) is 21.7 Å². The van der Waals surface area contributed by atoms with E-state index in [9.17, 15) is 14.7 Å². The molecule has 164 valence electrons. The minimum Gasteiger partial charge on any atom is -0.505 e. The van der Waals surface area contributed by atoms with Crippen molar-refractivity contribution in [1.82, 2.24) is 0 Å². The highest BCUT2D eigenvalue weighted by atomic mass is 16.3. The number of primary amides is 1. The van der Waals surface area contributed by atoms with Gasteiger partial charge >= 0.3 is 0 Å². The first-order chi connectivity index (χ1) is 16.0. The number of carbonyl (C=O) groups excluding carboxylic acids is 2. The highest BCUT2D eigenvalue weighted by molar-refractivity contribution is 6.11. The number of nitrogens with zero attached hydrogens (tertiary/aromatic N) is 2. The molecule has 0 spiro atoms. The monoisotopic (exact) mass is 439 g/mol. The number of amides is 2. The van der Waals surface area contributed by atoms with Crippen molar-refractivity contribution in [3.63, 3.8) is 0 Å². The lowest BCUT2D eigenvalue weighted by molar-refractivity contribution is 0.0997. The van der Waals surface area contributed by atoms with E-state index in [2.05, 4.69) is 15.5 Å². The van der Waals surface area contributed by atoms with Gasteiger partial charge in [-0.1, -0.05) is 48.5 Å². The molecular weight excluding hydrogens is 418 g/mol. The van der Waals surface area contributed by atoms with E-state index in [1.165, 1.54) is 6.07 Å². The molecule has 2 amide bonds. The third kappa shape index (κ3) is 4.56. The number of carbonyl (C=O) groups is 2. The zero-order valence-electron chi connectivity index (χ0n) is 17.5. The number of azo groups is 1. The Kier molecular flexibility index (Phi) is 6.10. The summed E-state index contributed by atoms with van der Waals surface area (Å²) in [5.74, 6) is -1.41. The number of anilines is 1. The Bertz CT molecular complexity index is 1380. The number of hydrogen-bond acceptors (Lipinski definition) is 6. The van der Waals surface area contributed by atoms with Crippen molar-refractivity contribution in [3.05, 3.63) is 95.6 Å². The third-order valence-corrected chi connectivity index (χ3v) is 5.12. The van der Waals surface area contributed by atoms with Gasteiger partial charge in [-0.05, 0) is 41.3 Å². The van der Waals surface area contributed by atoms with Gasteiger partial charge in [0.1, 0.15) is 5.69 Å². The predicted molar refractivity (Wildman–Crippen MR) is 127 cm³/mol. The molecular formula is C25H21N5O3. The Morgan fingerprint density at radius 1 is 0.909 bits per heavy atom. The first kappa shape index (κ1) is 21.7. The molecule has 0 fully saturated rings. The SMILES string of the molecule is NCc1ccc(C(N)=O)cc1N=Nc1c(O)c(C(=O)Nc2ccccc2)cc2ccccc12. The fourth-order valence-electron chi connectivity index (χ4n) is 3.40. The van der Waals surface area contributed by atoms with Gasteiger partial charge in [-0.3, -0.25) is 9.59 Å². The van der Waals surface area contributed by atoms with Crippen molar-refractivity contribution >= 4 is 39.6 Å². The summed E-state index contributed by atoms with van der Waals surface area (Å²) < 4.78 is 0. The standard InChI is InChI=1S/C25H21N5O3/c26-14-17-11-10-16(24(27)32)13-21(17)29-30-22-19-9-5-4-6-15(19)12-20(23(22)31)25(33)28-18-7-2-1-3-8-18/h1-13,31H,14,26H2,(H2,27,32)(H,28,33). The van der Waals surface area contributed by atoms with Crippen LogP contribution in [-0.2, 0) is 6.54 Å². The number of nitrogens with two attached hydrogens (primary N) is 2. The van der Waals surface area contributed by atoms with Crippen LogP contribution in [0.2, 0.25) is 0 Å². The minimum atomic E-state index is -0.608. The van der Waals surface area contributed by atoms with Crippen LogP contribution in [0, 0.1) is 0 Å². The van der Waals surface area contributed by atoms with Gasteiger partial charge in [0.2, 0.25) is 5.91 Å². The molecule has 0 aliphatic heterocycles. The number of benzene rings is 4. The van der Waals surface area contributed by atoms with Crippen LogP contribution in [0.25, 0.3) is 10.8 Å². The summed E-state index contributed by atoms with van der Waals surface area (Å²) in [5, 5.41) is 23.5. The Balaban J connectivity index is 1.81. The topological polar surface area (TPSA) is 143 Å². The molecule has 0 radical (unpaired) electrons. The summed E-state index contributed by atoms with van der Waals surface area (Å²) in [6, 6.07) is 22.4. The fourth-order valence-corrected chi connectivity index (χ4v) is 3.40. The van der Waals surface area contributed by atoms with Crippen molar-refractivity contribution in [3.8, 4) is 5.75 Å². The zero-order valence-corrected chi connectivity index (χ0v) is 17.5. The number of para-hydroxylation sites is 1. The van der Waals surface area contributed by atoms with Crippen LogP contribution in [-0.4, -0.2) is 16.9 Å². The highest BCUT2D eigenvalue weighted by Crippen LogP contribution is 2.40. The smallest absolute Gasteiger partial charge is 0.259 e. The van der Waals surface area contributed by atoms with E-state index < -0.39 is 11.8 Å². The van der Waals surface area contributed by atoms with Gasteiger partial charge in [0, 0.05) is 23.2 Å². The van der Waals surface area contributed by atoms with E-state index in [0.717, 1.165) is 0 Å². The molecule has 0 heterocycles. The van der Waals surface area contributed by atoms with Gasteiger partial charge in [-0.2, -0.15) is 5.11 Å². The minimum absolute atomic E-state index is 0.0523. The normalized spacial score (nSPS) is 11.1. The Morgan fingerprint density at radius 3 is 2.36 bits per heavy atom. The number of fused-ring (bicyclic) bond motifs is 1. The number of phenolic OH excluding ortho intramolecular Hbond substituents is 1. The number of aromatic hydroxyl groups is 1. The summed E-state index contributed by atoms with van der Waals surface area (Å²) >= 11 is 0. The summed E-state index contributed by atoms with van der Waals surface area (Å²) in [6.07, 6.45) is 0. The number of phenols is 1. The summed E-state index contributed by atoms with van der Waals surface area (Å²) in [4.78, 5) is 24.5. The molecule has 0 saturated carbocycles. The van der Waals surface area contributed by atoms with Crippen molar-refractivity contribution in [1.29, 1.82) is 0 Å². The highest BCUT2D eigenvalue weighted by Gasteiger charge is 2.19. The van der Waals surface area contributed by atoms with E-state index in [0.29, 0.717) is 27.7 Å². The van der Waals surface area contributed by atoms with Crippen LogP contribution in [0.1, 0.15) is 26.3 Å². The van der Waals surface area contributed by atoms with E-state index in [-0.39, 0.29) is 29.1 Å². The lowest BCUT2D eigenvalue weighted by atomic mass is 10.0. The summed E-state index contributed by atoms with van der Waals surface area (Å²) in [5.41, 5.74) is 13.2. The molecule has 4 aromatic carbocycles. The number of nitrogens with one attached hydrogen (secondary N) is 1. The average Bonchev–Trinajstić information content (AvgIpc) is 2.83. The van der Waals surface area contributed by atoms with Crippen molar-refractivity contribution in [2.75, 3.05) is 5.32 Å². The Morgan fingerprint density at radius 2 is 1.64 bits per heavy atom. The van der Waals surface area contributed by atoms with E-state index in [1.807, 2.05) is 18.2 Å². The molecule has 0 aliphatic carbocycles. The molecule has 6 N–H and O–H groups in total. The molecule has 0 saturated heterocycles. The molecule has 0 bridgehead atoms. The maximum absolute atomic E-state index is 12.9. The van der Waals surface area contributed by atoms with Crippen molar-refractivity contribution in [2.45, 2.75) is 6.54 Å². The summed E-state index contributed by atoms with van der Waals surface area (Å²) in [6.45, 7) is 0.166. The van der Waals surface area contributed by atoms with Crippen molar-refractivity contribution < 1.29 is 14.7 Å². The van der Waals surface area contributed by atoms with Crippen LogP contribution >= 0.6 is 0 Å². The van der Waals surface area contributed by atoms with Gasteiger partial charge in [-0.25, -0.2) is 0 Å². The van der Waals surface area contributed by atoms with E-state index in [4.69, 9.17) is 11.5 Å². The van der Waals surface area contributed by atoms with Crippen LogP contribution in [0.5, 0.6) is 5.75 Å². The maximum atomic E-state index is 12.9. The second-order valence-corrected chi connectivity index (χ2v) is 7.27. The Labute approximate surface area is 189 Å². The lowest BCUT2D eigenvalue weighted by Gasteiger charge is -2.11. The second-order valence-electron chi connectivity index (χ2n) is 7.27. The van der Waals surface area contributed by atoms with Crippen LogP contribution in [0.15, 0.2) is 89.1 Å². The largest absolute Gasteiger partial charge is 0.505 e.